The highest BCUT2D eigenvalue weighted by atomic mass is 16.3. The van der Waals surface area contributed by atoms with Crippen LogP contribution >= 0.6 is 0 Å². The quantitative estimate of drug-likeness (QED) is 0.712. The fourth-order valence-electron chi connectivity index (χ4n) is 4.94. The molecule has 0 spiro atoms. The van der Waals surface area contributed by atoms with E-state index in [2.05, 4.69) is 26.0 Å². The van der Waals surface area contributed by atoms with Crippen molar-refractivity contribution in [2.45, 2.75) is 77.7 Å². The standard InChI is InChI=1S/C19H30O/c1-14-8-11-18-16(6-4-12-19(14,18)2)10-9-15-5-3-7-17(20)13-15/h9-10,14,17-18,20H,3-8,11-13H2,1-2H3/b15-9+,16-10+. The van der Waals surface area contributed by atoms with Crippen LogP contribution in [0.3, 0.4) is 0 Å². The van der Waals surface area contributed by atoms with Gasteiger partial charge in [0.1, 0.15) is 0 Å². The lowest BCUT2D eigenvalue weighted by Gasteiger charge is -2.41. The molecule has 3 aliphatic rings. The molecular weight excluding hydrogens is 244 g/mol. The summed E-state index contributed by atoms with van der Waals surface area (Å²) >= 11 is 0. The van der Waals surface area contributed by atoms with E-state index in [1.807, 2.05) is 0 Å². The Labute approximate surface area is 124 Å². The molecule has 0 aliphatic heterocycles. The van der Waals surface area contributed by atoms with Crippen molar-refractivity contribution in [1.29, 1.82) is 0 Å². The average Bonchev–Trinajstić information content (AvgIpc) is 2.73. The van der Waals surface area contributed by atoms with Crippen molar-refractivity contribution in [3.8, 4) is 0 Å². The van der Waals surface area contributed by atoms with Crippen molar-refractivity contribution in [1.82, 2.24) is 0 Å². The first-order valence-corrected chi connectivity index (χ1v) is 8.66. The van der Waals surface area contributed by atoms with Crippen LogP contribution in [0.5, 0.6) is 0 Å². The van der Waals surface area contributed by atoms with Gasteiger partial charge in [-0.15, -0.1) is 0 Å². The molecule has 0 amide bonds. The fraction of sp³-hybridized carbons (Fsp3) is 0.789. The lowest BCUT2D eigenvalue weighted by Crippen LogP contribution is -2.31. The molecule has 0 saturated heterocycles. The molecule has 0 heterocycles. The Balaban J connectivity index is 1.76. The summed E-state index contributed by atoms with van der Waals surface area (Å²) in [6.45, 7) is 4.98. The van der Waals surface area contributed by atoms with Gasteiger partial charge in [-0.2, -0.15) is 0 Å². The zero-order chi connectivity index (χ0) is 14.2. The molecule has 20 heavy (non-hydrogen) atoms. The fourth-order valence-corrected chi connectivity index (χ4v) is 4.94. The largest absolute Gasteiger partial charge is 0.393 e. The molecule has 4 atom stereocenters. The van der Waals surface area contributed by atoms with E-state index in [1.54, 1.807) is 5.57 Å². The van der Waals surface area contributed by atoms with Crippen LogP contribution in [0.25, 0.3) is 0 Å². The van der Waals surface area contributed by atoms with E-state index in [0.717, 1.165) is 31.1 Å². The van der Waals surface area contributed by atoms with Gasteiger partial charge >= 0.3 is 0 Å². The first kappa shape index (κ1) is 14.4. The lowest BCUT2D eigenvalue weighted by atomic mass is 9.64. The zero-order valence-electron chi connectivity index (χ0n) is 13.2. The van der Waals surface area contributed by atoms with Gasteiger partial charge in [0.15, 0.2) is 0 Å². The first-order valence-electron chi connectivity index (χ1n) is 8.66. The molecule has 1 nitrogen and oxygen atoms in total. The highest BCUT2D eigenvalue weighted by molar-refractivity contribution is 5.25. The molecular formula is C19H30O. The Morgan fingerprint density at radius 2 is 1.95 bits per heavy atom. The maximum Gasteiger partial charge on any atom is 0.0577 e. The highest BCUT2D eigenvalue weighted by Gasteiger charge is 2.46. The monoisotopic (exact) mass is 274 g/mol. The summed E-state index contributed by atoms with van der Waals surface area (Å²) in [7, 11) is 0. The van der Waals surface area contributed by atoms with Gasteiger partial charge < -0.3 is 5.11 Å². The maximum atomic E-state index is 9.78. The van der Waals surface area contributed by atoms with Crippen LogP contribution in [0.4, 0.5) is 0 Å². The van der Waals surface area contributed by atoms with E-state index in [-0.39, 0.29) is 6.10 Å². The smallest absolute Gasteiger partial charge is 0.0577 e. The summed E-state index contributed by atoms with van der Waals surface area (Å²) in [5.74, 6) is 1.72. The van der Waals surface area contributed by atoms with Gasteiger partial charge in [-0.3, -0.25) is 0 Å². The summed E-state index contributed by atoms with van der Waals surface area (Å²) < 4.78 is 0. The van der Waals surface area contributed by atoms with Crippen molar-refractivity contribution in [2.75, 3.05) is 0 Å². The molecule has 0 aromatic carbocycles. The second kappa shape index (κ2) is 5.67. The molecule has 0 bridgehead atoms. The van der Waals surface area contributed by atoms with Gasteiger partial charge in [0.2, 0.25) is 0 Å². The van der Waals surface area contributed by atoms with Gasteiger partial charge in [-0.1, -0.05) is 37.1 Å². The maximum absolute atomic E-state index is 9.78. The molecule has 1 N–H and O–H groups in total. The number of rotatable bonds is 1. The van der Waals surface area contributed by atoms with Crippen molar-refractivity contribution >= 4 is 0 Å². The SMILES string of the molecule is CC1CCC2/C(=C/C=C3\CCCC(O)C3)CCCC12C. The zero-order valence-corrected chi connectivity index (χ0v) is 13.2. The Morgan fingerprint density at radius 1 is 1.10 bits per heavy atom. The number of aliphatic hydroxyl groups is 1. The van der Waals surface area contributed by atoms with E-state index >= 15 is 0 Å². The van der Waals surface area contributed by atoms with Crippen LogP contribution in [-0.4, -0.2) is 11.2 Å². The molecule has 3 rings (SSSR count). The predicted molar refractivity (Wildman–Crippen MR) is 84.5 cm³/mol. The number of fused-ring (bicyclic) bond motifs is 1. The van der Waals surface area contributed by atoms with E-state index in [9.17, 15) is 5.11 Å². The van der Waals surface area contributed by atoms with E-state index < -0.39 is 0 Å². The van der Waals surface area contributed by atoms with Crippen LogP contribution in [-0.2, 0) is 0 Å². The second-order valence-electron chi connectivity index (χ2n) is 7.71. The van der Waals surface area contributed by atoms with Crippen molar-refractivity contribution < 1.29 is 5.11 Å². The lowest BCUT2D eigenvalue weighted by molar-refractivity contribution is 0.146. The summed E-state index contributed by atoms with van der Waals surface area (Å²) in [6.07, 6.45) is 15.9. The molecule has 0 radical (unpaired) electrons. The van der Waals surface area contributed by atoms with E-state index in [0.29, 0.717) is 5.41 Å². The van der Waals surface area contributed by atoms with Gasteiger partial charge in [0.05, 0.1) is 6.10 Å². The topological polar surface area (TPSA) is 20.2 Å². The number of hydrogen-bond acceptors (Lipinski definition) is 1. The number of allylic oxidation sites excluding steroid dienone is 3. The molecule has 3 aliphatic carbocycles. The van der Waals surface area contributed by atoms with Crippen LogP contribution in [0.1, 0.15) is 71.6 Å². The molecule has 4 unspecified atom stereocenters. The van der Waals surface area contributed by atoms with Gasteiger partial charge in [-0.05, 0) is 75.0 Å². The Morgan fingerprint density at radius 3 is 2.75 bits per heavy atom. The molecule has 3 saturated carbocycles. The first-order chi connectivity index (χ1) is 9.59. The van der Waals surface area contributed by atoms with Gasteiger partial charge in [0, 0.05) is 0 Å². The van der Waals surface area contributed by atoms with Crippen molar-refractivity contribution in [3.05, 3.63) is 23.3 Å². The minimum Gasteiger partial charge on any atom is -0.393 e. The average molecular weight is 274 g/mol. The molecule has 3 fully saturated rings. The summed E-state index contributed by atoms with van der Waals surface area (Å²) in [5.41, 5.74) is 3.74. The third kappa shape index (κ3) is 2.62. The minimum absolute atomic E-state index is 0.0866. The summed E-state index contributed by atoms with van der Waals surface area (Å²) in [5, 5.41) is 9.78. The minimum atomic E-state index is -0.0866. The molecule has 0 aromatic rings. The second-order valence-corrected chi connectivity index (χ2v) is 7.71. The normalized spacial score (nSPS) is 45.9. The highest BCUT2D eigenvalue weighted by Crippen LogP contribution is 2.57. The van der Waals surface area contributed by atoms with Crippen LogP contribution in [0.15, 0.2) is 23.3 Å². The number of aliphatic hydroxyl groups excluding tert-OH is 1. The van der Waals surface area contributed by atoms with Crippen LogP contribution in [0.2, 0.25) is 0 Å². The van der Waals surface area contributed by atoms with Crippen molar-refractivity contribution in [3.63, 3.8) is 0 Å². The van der Waals surface area contributed by atoms with Crippen LogP contribution < -0.4 is 0 Å². The third-order valence-electron chi connectivity index (χ3n) is 6.50. The Bertz CT molecular complexity index is 419. The molecule has 112 valence electrons. The van der Waals surface area contributed by atoms with E-state index in [1.165, 1.54) is 44.1 Å². The summed E-state index contributed by atoms with van der Waals surface area (Å²) in [6, 6.07) is 0. The van der Waals surface area contributed by atoms with Gasteiger partial charge in [0.25, 0.3) is 0 Å². The predicted octanol–water partition coefficient (Wildman–Crippen LogP) is 5.01. The molecule has 0 aromatic heterocycles. The van der Waals surface area contributed by atoms with E-state index in [4.69, 9.17) is 0 Å². The Hall–Kier alpha value is -0.560. The van der Waals surface area contributed by atoms with Gasteiger partial charge in [-0.25, -0.2) is 0 Å². The Kier molecular flexibility index (Phi) is 4.08. The van der Waals surface area contributed by atoms with Crippen molar-refractivity contribution in [2.24, 2.45) is 17.3 Å². The third-order valence-corrected chi connectivity index (χ3v) is 6.50. The summed E-state index contributed by atoms with van der Waals surface area (Å²) in [4.78, 5) is 0. The number of hydrogen-bond donors (Lipinski definition) is 1. The molecule has 1 heteroatoms. The van der Waals surface area contributed by atoms with Crippen LogP contribution in [0, 0.1) is 17.3 Å².